The van der Waals surface area contributed by atoms with Crippen LogP contribution in [0.5, 0.6) is 23.3 Å². The number of benzene rings is 4. The summed E-state index contributed by atoms with van der Waals surface area (Å²) in [6, 6.07) is 16.7. The number of alkyl carbamates (subject to hydrolysis) is 2. The number of aromatic nitrogens is 2. The second-order valence-electron chi connectivity index (χ2n) is 31.8. The third-order valence-electron chi connectivity index (χ3n) is 23.9. The third kappa shape index (κ3) is 19.1. The Morgan fingerprint density at radius 3 is 1.32 bits per heavy atom. The summed E-state index contributed by atoms with van der Waals surface area (Å²) in [5, 5.41) is 9.50. The first kappa shape index (κ1) is 83.8. The van der Waals surface area contributed by atoms with Gasteiger partial charge in [0.25, 0.3) is 0 Å². The SMILES string of the molecule is CCOc1cc(OC2C[C@H]3C(=O)N[C@]4(P(=O)(O)Cc5c(F)cccc5F)C[C@H]4CCCCCCC[C@H](NC(=O)OC4CCCC4)C(=O)N3C2)c2cccc(Br)c2n1.CCOc1cc(OC2C[C@H]3C(=O)N[C@]4(P(=O)(O)Cc5c(F)cccc5F)C[C@H]4CCCCCCC[C@H](NC(=O)OC4CCCC4)C(=O)N3C2)c2cccc(C)c2n1. The Hall–Kier alpha value is -8.10. The molecule has 8 fully saturated rings. The van der Waals surface area contributed by atoms with E-state index in [2.05, 4.69) is 47.2 Å². The van der Waals surface area contributed by atoms with Gasteiger partial charge in [-0.2, -0.15) is 0 Å². The van der Waals surface area contributed by atoms with E-state index in [1.165, 1.54) is 21.9 Å². The van der Waals surface area contributed by atoms with Crippen LogP contribution in [0.25, 0.3) is 21.8 Å². The molecule has 6 aromatic rings. The average molecular weight is 1690 g/mol. The molecule has 114 heavy (non-hydrogen) atoms. The molecular formula is C83H103BrF4N8O16P2. The second kappa shape index (κ2) is 36.6. The monoisotopic (exact) mass is 1680 g/mol. The van der Waals surface area contributed by atoms with Crippen LogP contribution in [0.2, 0.25) is 0 Å². The summed E-state index contributed by atoms with van der Waals surface area (Å²) in [4.78, 5) is 120. The molecule has 4 aliphatic carbocycles. The predicted molar refractivity (Wildman–Crippen MR) is 421 cm³/mol. The van der Waals surface area contributed by atoms with Crippen molar-refractivity contribution in [3.05, 3.63) is 129 Å². The lowest BCUT2D eigenvalue weighted by Gasteiger charge is -2.31. The Labute approximate surface area is 669 Å². The minimum atomic E-state index is -4.51. The standard InChI is InChI=1S/C42H53F2N4O8P.C41H50BrF2N4O8P/c1-3-54-37-22-36(30-17-11-13-26(2)38(30)46-37)55-29-21-35-39(49)47-42(57(52,53)25-31-32(43)18-12-19-33(31)44)23-27(42)14-7-5-4-6-8-20-34(40(50)48(35)24-29)45-41(51)56-28-15-9-10-16-28;1-2-54-36-21-35(28-15-10-16-30(42)37(28)46-36)55-27-20-34-38(49)47-41(57(52,53)24-29-31(43)17-11-18-32(29)44)22-25(41)12-6-4-3-5-7-19-33(39(50)48(34)23-27)45-40(51)56-26-13-8-9-14-26/h11-13,17-19,22,27-29,34-35H,3-10,14-16,20-21,23-25H2,1-2H3,(H,45,51)(H,47,49)(H,52,53);10-11,15-18,21,25-27,33-34H,2-9,12-14,19-20,22-24H2,1H3,(H,45,51)(H,47,49)(H,52,53)/t27-,29?,34+,35+,42+;25-,27?,33+,34+,41+/m11/s1. The normalized spacial score (nSPS) is 27.0. The first-order valence-electron chi connectivity index (χ1n) is 40.6. The molecule has 24 nitrogen and oxygen atoms in total. The molecule has 12 atom stereocenters. The van der Waals surface area contributed by atoms with Gasteiger partial charge in [0.2, 0.25) is 50.1 Å². The predicted octanol–water partition coefficient (Wildman–Crippen LogP) is 15.8. The Kier molecular flexibility index (Phi) is 26.9. The Balaban J connectivity index is 0.000000199. The zero-order valence-corrected chi connectivity index (χ0v) is 68.0. The summed E-state index contributed by atoms with van der Waals surface area (Å²) in [5.74, 6) is -5.37. The quantitative estimate of drug-likeness (QED) is 0.0344. The summed E-state index contributed by atoms with van der Waals surface area (Å²) in [6.45, 7) is 6.27. The van der Waals surface area contributed by atoms with Crippen molar-refractivity contribution < 1.29 is 93.7 Å². The number of hydrogen-bond donors (Lipinski definition) is 6. The average Bonchev–Trinajstić information content (AvgIpc) is 1.56. The highest BCUT2D eigenvalue weighted by Crippen LogP contribution is 2.73. The molecule has 0 spiro atoms. The molecule has 6 N–H and O–H groups in total. The Morgan fingerprint density at radius 2 is 0.895 bits per heavy atom. The van der Waals surface area contributed by atoms with Crippen molar-refractivity contribution in [1.82, 2.24) is 41.0 Å². The summed E-state index contributed by atoms with van der Waals surface area (Å²) in [7, 11) is -9.02. The van der Waals surface area contributed by atoms with Crippen molar-refractivity contribution in [2.75, 3.05) is 26.3 Å². The van der Waals surface area contributed by atoms with E-state index in [4.69, 9.17) is 28.4 Å². The maximum absolute atomic E-state index is 14.8. The molecule has 0 bridgehead atoms. The molecule has 0 radical (unpaired) electrons. The molecule has 4 aromatic carbocycles. The zero-order chi connectivity index (χ0) is 80.6. The zero-order valence-electron chi connectivity index (χ0n) is 64.7. The summed E-state index contributed by atoms with van der Waals surface area (Å²) >= 11 is 3.56. The first-order chi connectivity index (χ1) is 54.8. The van der Waals surface area contributed by atoms with Crippen molar-refractivity contribution in [3.63, 3.8) is 0 Å². The summed E-state index contributed by atoms with van der Waals surface area (Å²) < 4.78 is 125. The number of nitrogens with one attached hydrogen (secondary N) is 4. The van der Waals surface area contributed by atoms with Gasteiger partial charge in [-0.3, -0.25) is 28.3 Å². The summed E-state index contributed by atoms with van der Waals surface area (Å²) in [6.07, 6.45) is 11.6. The van der Waals surface area contributed by atoms with Gasteiger partial charge in [-0.25, -0.2) is 37.1 Å². The number of halogens is 5. The van der Waals surface area contributed by atoms with Crippen LogP contribution in [0.15, 0.2) is 89.4 Å². The lowest BCUT2D eigenvalue weighted by atomic mass is 10.0. The number of hydrogen-bond acceptors (Lipinski definition) is 16. The van der Waals surface area contributed by atoms with Gasteiger partial charge in [0.15, 0.2) is 0 Å². The van der Waals surface area contributed by atoms with Crippen LogP contribution in [0.4, 0.5) is 27.2 Å². The van der Waals surface area contributed by atoms with Crippen LogP contribution in [0, 0.1) is 42.0 Å². The van der Waals surface area contributed by atoms with Gasteiger partial charge < -0.3 is 69.3 Å². The first-order valence-corrected chi connectivity index (χ1v) is 45.0. The van der Waals surface area contributed by atoms with E-state index in [-0.39, 0.29) is 51.0 Å². The van der Waals surface area contributed by atoms with Crippen LogP contribution in [-0.4, -0.2) is 151 Å². The lowest BCUT2D eigenvalue weighted by molar-refractivity contribution is -0.140. The molecule has 31 heteroatoms. The molecule has 4 saturated carbocycles. The van der Waals surface area contributed by atoms with Gasteiger partial charge in [0.1, 0.15) is 93.9 Å². The van der Waals surface area contributed by atoms with E-state index in [0.717, 1.165) is 133 Å². The van der Waals surface area contributed by atoms with Gasteiger partial charge in [-0.15, -0.1) is 0 Å². The number of carbonyl (C=O) groups is 6. The van der Waals surface area contributed by atoms with Crippen LogP contribution in [0.1, 0.15) is 197 Å². The molecule has 4 saturated heterocycles. The maximum atomic E-state index is 14.8. The van der Waals surface area contributed by atoms with Gasteiger partial charge in [0, 0.05) is 51.3 Å². The molecule has 616 valence electrons. The number of aryl methyl sites for hydroxylation is 1. The molecule has 2 aromatic heterocycles. The molecule has 6 heterocycles. The Morgan fingerprint density at radius 1 is 0.526 bits per heavy atom. The minimum absolute atomic E-state index is 0.0109. The van der Waals surface area contributed by atoms with Crippen LogP contribution in [0.3, 0.4) is 0 Å². The van der Waals surface area contributed by atoms with Crippen molar-refractivity contribution >= 4 is 88.3 Å². The number of fused-ring (bicyclic) bond motifs is 6. The fraction of sp³-hybridized carbons (Fsp3) is 0.566. The van der Waals surface area contributed by atoms with E-state index < -0.39 is 156 Å². The number of amides is 6. The highest BCUT2D eigenvalue weighted by atomic mass is 79.9. The number of nitrogens with zero attached hydrogens (tertiary/aromatic N) is 4. The van der Waals surface area contributed by atoms with Gasteiger partial charge in [0.05, 0.1) is 49.7 Å². The highest BCUT2D eigenvalue weighted by Gasteiger charge is 2.68. The van der Waals surface area contributed by atoms with E-state index in [1.54, 1.807) is 12.1 Å². The molecule has 4 unspecified atom stereocenters. The van der Waals surface area contributed by atoms with E-state index in [9.17, 15) is 65.2 Å². The minimum Gasteiger partial charge on any atom is -0.488 e. The van der Waals surface area contributed by atoms with Gasteiger partial charge in [-0.05, 0) is 186 Å². The number of para-hydroxylation sites is 2. The second-order valence-corrected chi connectivity index (χ2v) is 37.7. The molecule has 8 aliphatic rings. The molecule has 6 amide bonds. The smallest absolute Gasteiger partial charge is 0.408 e. The topological polar surface area (TPSA) is 313 Å². The van der Waals surface area contributed by atoms with Crippen molar-refractivity contribution in [2.45, 2.75) is 259 Å². The van der Waals surface area contributed by atoms with Gasteiger partial charge in [-0.1, -0.05) is 94.5 Å². The number of rotatable bonds is 18. The van der Waals surface area contributed by atoms with E-state index in [1.807, 2.05) is 57.2 Å². The van der Waals surface area contributed by atoms with Gasteiger partial charge >= 0.3 is 12.2 Å². The molecule has 4 aliphatic heterocycles. The van der Waals surface area contributed by atoms with Crippen molar-refractivity contribution in [3.8, 4) is 23.3 Å². The number of pyridine rings is 2. The molecular weight excluding hydrogens is 1580 g/mol. The Bertz CT molecular complexity index is 4310. The largest absolute Gasteiger partial charge is 0.488 e. The fourth-order valence-corrected chi connectivity index (χ4v) is 23.2. The highest BCUT2D eigenvalue weighted by molar-refractivity contribution is 9.10. The van der Waals surface area contributed by atoms with E-state index in [0.29, 0.717) is 101 Å². The van der Waals surface area contributed by atoms with Crippen LogP contribution < -0.4 is 40.2 Å². The lowest BCUT2D eigenvalue weighted by Crippen LogP contribution is -2.55. The number of carbonyl (C=O) groups excluding carboxylic acids is 6. The van der Waals surface area contributed by atoms with Crippen molar-refractivity contribution in [1.29, 1.82) is 0 Å². The maximum Gasteiger partial charge on any atom is 0.408 e. The fourth-order valence-electron chi connectivity index (χ4n) is 17.7. The van der Waals surface area contributed by atoms with E-state index >= 15 is 0 Å². The summed E-state index contributed by atoms with van der Waals surface area (Å²) in [5.41, 5.74) is 1.15. The number of ether oxygens (including phenoxy) is 6. The molecule has 14 rings (SSSR count). The van der Waals surface area contributed by atoms with Crippen molar-refractivity contribution in [2.24, 2.45) is 11.8 Å². The third-order valence-corrected chi connectivity index (χ3v) is 29.9. The van der Waals surface area contributed by atoms with Crippen LogP contribution >= 0.6 is 30.7 Å². The van der Waals surface area contributed by atoms with Crippen LogP contribution in [-0.2, 0) is 50.1 Å².